The number of aromatic nitrogens is 6. The molecule has 3 aromatic heterocycles. The van der Waals surface area contributed by atoms with Gasteiger partial charge < -0.3 is 9.15 Å². The van der Waals surface area contributed by atoms with Crippen molar-refractivity contribution in [2.24, 2.45) is 0 Å². The van der Waals surface area contributed by atoms with Crippen LogP contribution in [0.15, 0.2) is 47.7 Å². The van der Waals surface area contributed by atoms with Gasteiger partial charge >= 0.3 is 6.01 Å². The third-order valence-corrected chi connectivity index (χ3v) is 3.51. The molecule has 25 heavy (non-hydrogen) atoms. The quantitative estimate of drug-likeness (QED) is 0.610. The molecule has 0 aliphatic heterocycles. The maximum atomic E-state index is 14.5. The molecule has 0 atom stereocenters. The Hall–Kier alpha value is -3.62. The average molecular weight is 338 g/mol. The summed E-state index contributed by atoms with van der Waals surface area (Å²) in [4.78, 5) is 16.2. The SMILES string of the molecule is COc1ncc(-c2ccc(-c3n[nH]c(-c4cocn4)n3)c(F)c2)cn1. The van der Waals surface area contributed by atoms with E-state index in [0.717, 1.165) is 0 Å². The normalized spacial score (nSPS) is 10.8. The molecule has 0 aliphatic rings. The molecule has 0 unspecified atom stereocenters. The zero-order valence-electron chi connectivity index (χ0n) is 13.0. The number of nitrogens with one attached hydrogen (secondary N) is 1. The summed E-state index contributed by atoms with van der Waals surface area (Å²) in [6, 6.07) is 4.98. The Labute approximate surface area is 140 Å². The molecule has 4 rings (SSSR count). The van der Waals surface area contributed by atoms with Gasteiger partial charge in [0.15, 0.2) is 18.0 Å². The van der Waals surface area contributed by atoms with Crippen LogP contribution in [0.3, 0.4) is 0 Å². The summed E-state index contributed by atoms with van der Waals surface area (Å²) < 4.78 is 24.3. The number of ether oxygens (including phenoxy) is 1. The van der Waals surface area contributed by atoms with E-state index in [2.05, 4.69) is 30.1 Å². The lowest BCUT2D eigenvalue weighted by atomic mass is 10.1. The summed E-state index contributed by atoms with van der Waals surface area (Å²) in [6.45, 7) is 0. The predicted octanol–water partition coefficient (Wildman–Crippen LogP) is 2.73. The predicted molar refractivity (Wildman–Crippen MR) is 84.9 cm³/mol. The van der Waals surface area contributed by atoms with E-state index in [1.807, 2.05) is 0 Å². The van der Waals surface area contributed by atoms with E-state index in [9.17, 15) is 4.39 Å². The lowest BCUT2D eigenvalue weighted by Gasteiger charge is -2.04. The number of rotatable bonds is 4. The number of benzene rings is 1. The van der Waals surface area contributed by atoms with Gasteiger partial charge in [0.25, 0.3) is 0 Å². The Balaban J connectivity index is 1.65. The van der Waals surface area contributed by atoms with E-state index in [-0.39, 0.29) is 17.4 Å². The average Bonchev–Trinajstić information content (AvgIpc) is 3.33. The molecule has 0 saturated carbocycles. The van der Waals surface area contributed by atoms with Gasteiger partial charge in [-0.1, -0.05) is 6.07 Å². The molecule has 4 aromatic rings. The van der Waals surface area contributed by atoms with Crippen LogP contribution >= 0.6 is 0 Å². The molecule has 0 bridgehead atoms. The van der Waals surface area contributed by atoms with Crippen LogP contribution in [0.1, 0.15) is 0 Å². The molecule has 1 aromatic carbocycles. The lowest BCUT2D eigenvalue weighted by molar-refractivity contribution is 0.380. The summed E-state index contributed by atoms with van der Waals surface area (Å²) in [5.41, 5.74) is 2.07. The Morgan fingerprint density at radius 1 is 1.12 bits per heavy atom. The number of hydrogen-bond acceptors (Lipinski definition) is 7. The Bertz CT molecular complexity index is 998. The minimum Gasteiger partial charge on any atom is -0.467 e. The van der Waals surface area contributed by atoms with Crippen LogP contribution in [0.25, 0.3) is 34.0 Å². The molecule has 0 amide bonds. The first-order chi connectivity index (χ1) is 12.2. The van der Waals surface area contributed by atoms with E-state index in [1.165, 1.54) is 25.8 Å². The van der Waals surface area contributed by atoms with Gasteiger partial charge in [0.2, 0.25) is 0 Å². The Kier molecular flexibility index (Phi) is 3.65. The number of aromatic amines is 1. The summed E-state index contributed by atoms with van der Waals surface area (Å²) in [7, 11) is 1.48. The van der Waals surface area contributed by atoms with Gasteiger partial charge in [0, 0.05) is 18.0 Å². The van der Waals surface area contributed by atoms with Crippen molar-refractivity contribution in [2.75, 3.05) is 7.11 Å². The number of hydrogen-bond donors (Lipinski definition) is 1. The second kappa shape index (κ2) is 6.11. The molecular formula is C16H11FN6O2. The molecule has 0 saturated heterocycles. The van der Waals surface area contributed by atoms with Gasteiger partial charge in [0.05, 0.1) is 12.7 Å². The Morgan fingerprint density at radius 3 is 2.64 bits per heavy atom. The number of oxazole rings is 1. The van der Waals surface area contributed by atoms with Crippen molar-refractivity contribution >= 4 is 0 Å². The highest BCUT2D eigenvalue weighted by molar-refractivity contribution is 5.68. The zero-order chi connectivity index (χ0) is 17.2. The van der Waals surface area contributed by atoms with Gasteiger partial charge in [-0.25, -0.2) is 24.3 Å². The fourth-order valence-corrected chi connectivity index (χ4v) is 2.27. The van der Waals surface area contributed by atoms with Gasteiger partial charge in [-0.2, -0.15) is 5.10 Å². The molecule has 124 valence electrons. The van der Waals surface area contributed by atoms with Crippen molar-refractivity contribution in [3.05, 3.63) is 49.1 Å². The van der Waals surface area contributed by atoms with Crippen LogP contribution in [0.4, 0.5) is 4.39 Å². The number of methoxy groups -OCH3 is 1. The summed E-state index contributed by atoms with van der Waals surface area (Å²) >= 11 is 0. The van der Waals surface area contributed by atoms with Gasteiger partial charge in [-0.15, -0.1) is 0 Å². The molecule has 0 fully saturated rings. The summed E-state index contributed by atoms with van der Waals surface area (Å²) in [5, 5.41) is 6.74. The van der Waals surface area contributed by atoms with Crippen LogP contribution in [0.2, 0.25) is 0 Å². The van der Waals surface area contributed by atoms with Crippen LogP contribution < -0.4 is 4.74 Å². The monoisotopic (exact) mass is 338 g/mol. The van der Waals surface area contributed by atoms with Crippen molar-refractivity contribution in [3.8, 4) is 40.0 Å². The second-order valence-electron chi connectivity index (χ2n) is 5.03. The third kappa shape index (κ3) is 2.82. The highest BCUT2D eigenvalue weighted by atomic mass is 19.1. The molecule has 0 radical (unpaired) electrons. The van der Waals surface area contributed by atoms with Gasteiger partial charge in [-0.3, -0.25) is 5.10 Å². The van der Waals surface area contributed by atoms with Crippen molar-refractivity contribution in [3.63, 3.8) is 0 Å². The zero-order valence-corrected chi connectivity index (χ0v) is 13.0. The highest BCUT2D eigenvalue weighted by Gasteiger charge is 2.14. The van der Waals surface area contributed by atoms with Crippen LogP contribution in [-0.4, -0.2) is 37.2 Å². The van der Waals surface area contributed by atoms with Crippen molar-refractivity contribution < 1.29 is 13.5 Å². The first-order valence-corrected chi connectivity index (χ1v) is 7.22. The minimum atomic E-state index is -0.459. The van der Waals surface area contributed by atoms with E-state index < -0.39 is 5.82 Å². The molecule has 0 aliphatic carbocycles. The molecular weight excluding hydrogens is 327 g/mol. The topological polar surface area (TPSA) is 103 Å². The fraction of sp³-hybridized carbons (Fsp3) is 0.0625. The van der Waals surface area contributed by atoms with E-state index in [1.54, 1.807) is 24.5 Å². The third-order valence-electron chi connectivity index (χ3n) is 3.51. The molecule has 8 nitrogen and oxygen atoms in total. The second-order valence-corrected chi connectivity index (χ2v) is 5.03. The molecule has 1 N–H and O–H groups in total. The number of halogens is 1. The molecule has 0 spiro atoms. The number of nitrogens with zero attached hydrogens (tertiary/aromatic N) is 5. The van der Waals surface area contributed by atoms with Crippen molar-refractivity contribution in [1.82, 2.24) is 30.1 Å². The first kappa shape index (κ1) is 14.9. The van der Waals surface area contributed by atoms with Crippen molar-refractivity contribution in [1.29, 1.82) is 0 Å². The first-order valence-electron chi connectivity index (χ1n) is 7.22. The minimum absolute atomic E-state index is 0.230. The van der Waals surface area contributed by atoms with E-state index >= 15 is 0 Å². The van der Waals surface area contributed by atoms with Crippen LogP contribution in [-0.2, 0) is 0 Å². The summed E-state index contributed by atoms with van der Waals surface area (Å²) in [5.74, 6) is 0.169. The van der Waals surface area contributed by atoms with Gasteiger partial charge in [0.1, 0.15) is 17.8 Å². The lowest BCUT2D eigenvalue weighted by Crippen LogP contribution is -1.92. The van der Waals surface area contributed by atoms with E-state index in [4.69, 9.17) is 9.15 Å². The van der Waals surface area contributed by atoms with Crippen LogP contribution in [0, 0.1) is 5.82 Å². The molecule has 9 heteroatoms. The van der Waals surface area contributed by atoms with E-state index in [0.29, 0.717) is 22.6 Å². The fourth-order valence-electron chi connectivity index (χ4n) is 2.27. The largest absolute Gasteiger partial charge is 0.467 e. The van der Waals surface area contributed by atoms with Crippen LogP contribution in [0.5, 0.6) is 6.01 Å². The smallest absolute Gasteiger partial charge is 0.316 e. The maximum Gasteiger partial charge on any atom is 0.316 e. The standard InChI is InChI=1S/C16H11FN6O2/c1-24-16-18-5-10(6-19-16)9-2-3-11(12(17)4-9)14-21-15(23-22-14)13-7-25-8-20-13/h2-8H,1H3,(H,21,22,23). The Morgan fingerprint density at radius 2 is 1.96 bits per heavy atom. The molecule has 3 heterocycles. The summed E-state index contributed by atoms with van der Waals surface area (Å²) in [6.07, 6.45) is 5.84. The number of H-pyrrole nitrogens is 1. The highest BCUT2D eigenvalue weighted by Crippen LogP contribution is 2.27. The maximum absolute atomic E-state index is 14.5. The van der Waals surface area contributed by atoms with Gasteiger partial charge in [-0.05, 0) is 17.7 Å². The van der Waals surface area contributed by atoms with Crippen molar-refractivity contribution in [2.45, 2.75) is 0 Å².